The van der Waals surface area contributed by atoms with Crippen LogP contribution in [0.2, 0.25) is 0 Å². The molecule has 0 atom stereocenters. The predicted octanol–water partition coefficient (Wildman–Crippen LogP) is 2.97. The molecule has 1 aliphatic heterocycles. The van der Waals surface area contributed by atoms with Crippen molar-refractivity contribution in [2.24, 2.45) is 0 Å². The van der Waals surface area contributed by atoms with Gasteiger partial charge in [0.25, 0.3) is 0 Å². The van der Waals surface area contributed by atoms with Gasteiger partial charge in [0.2, 0.25) is 0 Å². The van der Waals surface area contributed by atoms with Gasteiger partial charge < -0.3 is 10.6 Å². The smallest absolute Gasteiger partial charge is 0.152 e. The van der Waals surface area contributed by atoms with E-state index in [2.05, 4.69) is 33.9 Å². The molecule has 4 heterocycles. The second-order valence-electron chi connectivity index (χ2n) is 7.00. The third-order valence-corrected chi connectivity index (χ3v) is 5.03. The summed E-state index contributed by atoms with van der Waals surface area (Å²) in [4.78, 5) is 4.34. The zero-order valence-electron chi connectivity index (χ0n) is 15.3. The van der Waals surface area contributed by atoms with E-state index in [1.54, 1.807) is 16.9 Å². The summed E-state index contributed by atoms with van der Waals surface area (Å²) >= 11 is 0. The number of aromatic nitrogens is 3. The Kier molecular flexibility index (Phi) is 4.28. The van der Waals surface area contributed by atoms with Crippen LogP contribution in [0.15, 0.2) is 56.0 Å². The molecule has 5 nitrogen and oxygen atoms in total. The average molecular weight is 363 g/mol. The lowest BCUT2D eigenvalue weighted by Gasteiger charge is -2.35. The molecule has 0 aromatic carbocycles. The largest absolute Gasteiger partial charge is 0.382 e. The molecule has 4 rings (SSSR count). The van der Waals surface area contributed by atoms with Gasteiger partial charge in [0.05, 0.1) is 18.3 Å². The maximum atomic E-state index is 14.2. The molecule has 138 valence electrons. The molecule has 3 aromatic rings. The fourth-order valence-electron chi connectivity index (χ4n) is 3.24. The number of nitrogens with zero attached hydrogens (tertiary/aromatic N) is 3. The lowest BCUT2D eigenvalue weighted by molar-refractivity contribution is 0.0946. The van der Waals surface area contributed by atoms with E-state index in [1.807, 2.05) is 37.4 Å². The first kappa shape index (κ1) is 17.4. The first-order valence-corrected chi connectivity index (χ1v) is 8.88. The van der Waals surface area contributed by atoms with Gasteiger partial charge in [-0.25, -0.2) is 8.91 Å². The van der Waals surface area contributed by atoms with Crippen molar-refractivity contribution >= 4 is 16.8 Å². The van der Waals surface area contributed by atoms with Crippen molar-refractivity contribution in [1.29, 1.82) is 0 Å². The number of hydrogen-bond acceptors (Lipinski definition) is 4. The van der Waals surface area contributed by atoms with Crippen molar-refractivity contribution in [2.45, 2.75) is 12.6 Å². The number of aryl methyl sites for hydroxylation is 1. The highest BCUT2D eigenvalue weighted by molar-refractivity contribution is 5.83. The van der Waals surface area contributed by atoms with Gasteiger partial charge in [0.1, 0.15) is 0 Å². The minimum absolute atomic E-state index is 0.234. The van der Waals surface area contributed by atoms with Gasteiger partial charge in [-0.3, -0.25) is 4.98 Å². The van der Waals surface area contributed by atoms with Crippen LogP contribution in [0.5, 0.6) is 0 Å². The summed E-state index contributed by atoms with van der Waals surface area (Å²) in [7, 11) is 0. The van der Waals surface area contributed by atoms with E-state index in [9.17, 15) is 4.39 Å². The molecule has 0 saturated carbocycles. The van der Waals surface area contributed by atoms with E-state index in [-0.39, 0.29) is 6.54 Å². The molecule has 0 radical (unpaired) electrons. The molecule has 6 heteroatoms. The minimum atomic E-state index is -1.21. The van der Waals surface area contributed by atoms with Gasteiger partial charge >= 0.3 is 0 Å². The monoisotopic (exact) mass is 363 g/mol. The normalized spacial score (nSPS) is 15.3. The molecule has 0 spiro atoms. The fraction of sp³-hybridized carbons (Fsp3) is 0.238. The third kappa shape index (κ3) is 3.24. The van der Waals surface area contributed by atoms with Crippen molar-refractivity contribution in [3.8, 4) is 0 Å². The Bertz CT molecular complexity index is 1030. The second-order valence-corrected chi connectivity index (χ2v) is 7.00. The molecule has 0 bridgehead atoms. The van der Waals surface area contributed by atoms with E-state index in [0.717, 1.165) is 33.5 Å². The van der Waals surface area contributed by atoms with Gasteiger partial charge in [-0.15, -0.1) is 0 Å². The Balaban J connectivity index is 1.62. The number of rotatable bonds is 6. The van der Waals surface area contributed by atoms with Crippen LogP contribution >= 0.6 is 0 Å². The van der Waals surface area contributed by atoms with Crippen molar-refractivity contribution < 1.29 is 4.39 Å². The van der Waals surface area contributed by atoms with Crippen LogP contribution in [-0.2, 0) is 0 Å². The molecule has 3 aromatic heterocycles. The minimum Gasteiger partial charge on any atom is -0.382 e. The van der Waals surface area contributed by atoms with E-state index in [1.165, 1.54) is 0 Å². The first-order valence-electron chi connectivity index (χ1n) is 8.88. The Morgan fingerprint density at radius 2 is 2.15 bits per heavy atom. The van der Waals surface area contributed by atoms with Crippen LogP contribution < -0.4 is 10.6 Å². The Morgan fingerprint density at radius 3 is 2.85 bits per heavy atom. The molecule has 1 saturated heterocycles. The number of halogens is 1. The predicted molar refractivity (Wildman–Crippen MR) is 106 cm³/mol. The van der Waals surface area contributed by atoms with Gasteiger partial charge in [-0.2, -0.15) is 5.10 Å². The summed E-state index contributed by atoms with van der Waals surface area (Å²) in [6.07, 6.45) is 5.41. The van der Waals surface area contributed by atoms with Crippen LogP contribution in [0.3, 0.4) is 0 Å². The van der Waals surface area contributed by atoms with Gasteiger partial charge in [0, 0.05) is 48.0 Å². The summed E-state index contributed by atoms with van der Waals surface area (Å²) in [6.45, 7) is 11.3. The quantitative estimate of drug-likeness (QED) is 0.707. The van der Waals surface area contributed by atoms with Crippen LogP contribution in [0.4, 0.5) is 4.39 Å². The Hall–Kier alpha value is -2.99. The van der Waals surface area contributed by atoms with Crippen LogP contribution in [0.25, 0.3) is 16.8 Å². The first-order chi connectivity index (χ1) is 13.0. The van der Waals surface area contributed by atoms with E-state index >= 15 is 0 Å². The van der Waals surface area contributed by atoms with E-state index in [4.69, 9.17) is 0 Å². The highest BCUT2D eigenvalue weighted by atomic mass is 19.1. The van der Waals surface area contributed by atoms with E-state index in [0.29, 0.717) is 18.8 Å². The summed E-state index contributed by atoms with van der Waals surface area (Å²) in [6, 6.07) is 7.93. The number of fused-ring (bicyclic) bond motifs is 1. The SMILES string of the molecule is C=C(c1ccn2ncc(C(=C)NCC3(F)CNC3)c2c1)c1cccnc1C. The highest BCUT2D eigenvalue weighted by Gasteiger charge is 2.36. The molecule has 0 aliphatic carbocycles. The highest BCUT2D eigenvalue weighted by Crippen LogP contribution is 2.27. The summed E-state index contributed by atoms with van der Waals surface area (Å²) in [5, 5.41) is 10.4. The molecule has 27 heavy (non-hydrogen) atoms. The number of nitrogens with one attached hydrogen (secondary N) is 2. The zero-order chi connectivity index (χ0) is 19.0. The lowest BCUT2D eigenvalue weighted by Crippen LogP contribution is -2.60. The number of pyridine rings is 2. The maximum absolute atomic E-state index is 14.2. The second kappa shape index (κ2) is 6.63. The van der Waals surface area contributed by atoms with Gasteiger partial charge in [0.15, 0.2) is 5.67 Å². The van der Waals surface area contributed by atoms with Crippen molar-refractivity contribution in [3.63, 3.8) is 0 Å². The molecule has 1 fully saturated rings. The Morgan fingerprint density at radius 1 is 1.33 bits per heavy atom. The fourth-order valence-corrected chi connectivity index (χ4v) is 3.24. The molecular weight excluding hydrogens is 341 g/mol. The summed E-state index contributed by atoms with van der Waals surface area (Å²) < 4.78 is 16.0. The van der Waals surface area contributed by atoms with Crippen molar-refractivity contribution in [3.05, 3.63) is 78.4 Å². The number of alkyl halides is 1. The molecule has 1 aliphatic rings. The topological polar surface area (TPSA) is 54.2 Å². The molecular formula is C21H22FN5. The number of hydrogen-bond donors (Lipinski definition) is 2. The summed E-state index contributed by atoms with van der Waals surface area (Å²) in [5.74, 6) is 0. The molecule has 2 N–H and O–H groups in total. The molecule has 0 unspecified atom stereocenters. The van der Waals surface area contributed by atoms with Gasteiger partial charge in [-0.1, -0.05) is 19.2 Å². The van der Waals surface area contributed by atoms with E-state index < -0.39 is 5.67 Å². The zero-order valence-corrected chi connectivity index (χ0v) is 15.3. The molecule has 0 amide bonds. The third-order valence-electron chi connectivity index (χ3n) is 5.03. The van der Waals surface area contributed by atoms with Crippen LogP contribution in [0, 0.1) is 6.92 Å². The standard InChI is InChI=1S/C21H22FN5/c1-14(18-5-4-7-24-15(18)2)17-6-8-27-20(9-17)19(10-26-27)16(3)25-13-21(22)11-23-12-21/h4-10,23,25H,1,3,11-13H2,2H3. The lowest BCUT2D eigenvalue weighted by atomic mass is 9.98. The Labute approximate surface area is 157 Å². The van der Waals surface area contributed by atoms with Crippen LogP contribution in [-0.4, -0.2) is 39.9 Å². The van der Waals surface area contributed by atoms with Gasteiger partial charge in [-0.05, 0) is 36.3 Å². The van der Waals surface area contributed by atoms with Crippen LogP contribution in [0.1, 0.15) is 22.4 Å². The maximum Gasteiger partial charge on any atom is 0.152 e. The average Bonchev–Trinajstić information content (AvgIpc) is 3.07. The van der Waals surface area contributed by atoms with Crippen molar-refractivity contribution in [1.82, 2.24) is 25.2 Å². The summed E-state index contributed by atoms with van der Waals surface area (Å²) in [5.41, 5.74) is 5.03. The van der Waals surface area contributed by atoms with Crippen molar-refractivity contribution in [2.75, 3.05) is 19.6 Å².